The van der Waals surface area contributed by atoms with Gasteiger partial charge in [-0.15, -0.1) is 12.4 Å². The molecule has 0 bridgehead atoms. The lowest BCUT2D eigenvalue weighted by Crippen LogP contribution is -2.36. The van der Waals surface area contributed by atoms with Gasteiger partial charge in [-0.25, -0.2) is 0 Å². The molecule has 0 amide bonds. The van der Waals surface area contributed by atoms with Gasteiger partial charge in [0.05, 0.1) is 0 Å². The molecule has 1 aliphatic rings. The molecule has 1 fully saturated rings. The summed E-state index contributed by atoms with van der Waals surface area (Å²) in [7, 11) is 0. The molecule has 2 unspecified atom stereocenters. The van der Waals surface area contributed by atoms with Crippen molar-refractivity contribution in [1.29, 1.82) is 0 Å². The van der Waals surface area contributed by atoms with Crippen LogP contribution in [0.15, 0.2) is 30.3 Å². The summed E-state index contributed by atoms with van der Waals surface area (Å²) in [5, 5.41) is 12.7. The van der Waals surface area contributed by atoms with Gasteiger partial charge in [-0.3, -0.25) is 0 Å². The first-order chi connectivity index (χ1) is 6.92. The number of rotatable bonds is 2. The van der Waals surface area contributed by atoms with Gasteiger partial charge >= 0.3 is 0 Å². The van der Waals surface area contributed by atoms with Crippen LogP contribution in [0.25, 0.3) is 0 Å². The van der Waals surface area contributed by atoms with E-state index in [0.717, 1.165) is 19.5 Å². The molecule has 1 aliphatic heterocycles. The SMILES string of the molecule is Cl.OCC1CCNCC1c1ccccc1. The number of piperidine rings is 1. The van der Waals surface area contributed by atoms with Crippen LogP contribution in [0.4, 0.5) is 0 Å². The van der Waals surface area contributed by atoms with Gasteiger partial charge < -0.3 is 10.4 Å². The Hall–Kier alpha value is -0.570. The molecule has 0 radical (unpaired) electrons. The fourth-order valence-corrected chi connectivity index (χ4v) is 2.22. The number of benzene rings is 1. The number of aliphatic hydroxyl groups excluding tert-OH is 1. The molecule has 1 aromatic rings. The van der Waals surface area contributed by atoms with Crippen molar-refractivity contribution < 1.29 is 5.11 Å². The van der Waals surface area contributed by atoms with Gasteiger partial charge in [0.15, 0.2) is 0 Å². The summed E-state index contributed by atoms with van der Waals surface area (Å²) < 4.78 is 0. The molecule has 1 saturated heterocycles. The van der Waals surface area contributed by atoms with Crippen molar-refractivity contribution >= 4 is 12.4 Å². The second-order valence-electron chi connectivity index (χ2n) is 3.95. The molecule has 0 aromatic heterocycles. The van der Waals surface area contributed by atoms with Crippen LogP contribution >= 0.6 is 12.4 Å². The van der Waals surface area contributed by atoms with Crippen molar-refractivity contribution in [3.63, 3.8) is 0 Å². The zero-order chi connectivity index (χ0) is 9.80. The molecule has 0 aliphatic carbocycles. The second kappa shape index (κ2) is 6.11. The zero-order valence-electron chi connectivity index (χ0n) is 8.73. The third kappa shape index (κ3) is 2.94. The molecule has 1 heterocycles. The van der Waals surface area contributed by atoms with Gasteiger partial charge in [0.2, 0.25) is 0 Å². The van der Waals surface area contributed by atoms with Gasteiger partial charge in [0.25, 0.3) is 0 Å². The van der Waals surface area contributed by atoms with Gasteiger partial charge in [-0.1, -0.05) is 30.3 Å². The minimum Gasteiger partial charge on any atom is -0.396 e. The molecule has 3 heteroatoms. The Bertz CT molecular complexity index is 278. The highest BCUT2D eigenvalue weighted by molar-refractivity contribution is 5.85. The standard InChI is InChI=1S/C12H17NO.ClH/c14-9-11-6-7-13-8-12(11)10-4-2-1-3-5-10;/h1-5,11-14H,6-9H2;1H. The summed E-state index contributed by atoms with van der Waals surface area (Å²) in [6.45, 7) is 2.34. The smallest absolute Gasteiger partial charge is 0.0466 e. The highest BCUT2D eigenvalue weighted by Crippen LogP contribution is 2.28. The number of nitrogens with one attached hydrogen (secondary N) is 1. The molecule has 15 heavy (non-hydrogen) atoms. The first-order valence-corrected chi connectivity index (χ1v) is 5.28. The lowest BCUT2D eigenvalue weighted by Gasteiger charge is -2.31. The molecular weight excluding hydrogens is 210 g/mol. The normalized spacial score (nSPS) is 25.7. The summed E-state index contributed by atoms with van der Waals surface area (Å²) in [4.78, 5) is 0. The Labute approximate surface area is 97.1 Å². The van der Waals surface area contributed by atoms with Crippen LogP contribution in [0.2, 0.25) is 0 Å². The number of hydrogen-bond acceptors (Lipinski definition) is 2. The Morgan fingerprint density at radius 2 is 2.00 bits per heavy atom. The van der Waals surface area contributed by atoms with Crippen LogP contribution in [-0.2, 0) is 0 Å². The average molecular weight is 228 g/mol. The maximum Gasteiger partial charge on any atom is 0.0466 e. The summed E-state index contributed by atoms with van der Waals surface area (Å²) in [5.41, 5.74) is 1.35. The van der Waals surface area contributed by atoms with E-state index in [1.807, 2.05) is 6.07 Å². The molecule has 2 N–H and O–H groups in total. The van der Waals surface area contributed by atoms with Crippen LogP contribution in [0.5, 0.6) is 0 Å². The third-order valence-corrected chi connectivity index (χ3v) is 3.09. The number of hydrogen-bond donors (Lipinski definition) is 2. The van der Waals surface area contributed by atoms with E-state index < -0.39 is 0 Å². The summed E-state index contributed by atoms with van der Waals surface area (Å²) in [6, 6.07) is 10.5. The highest BCUT2D eigenvalue weighted by atomic mass is 35.5. The van der Waals surface area contributed by atoms with Crippen molar-refractivity contribution in [2.45, 2.75) is 12.3 Å². The summed E-state index contributed by atoms with van der Waals surface area (Å²) >= 11 is 0. The highest BCUT2D eigenvalue weighted by Gasteiger charge is 2.25. The number of halogens is 1. The quantitative estimate of drug-likeness (QED) is 0.808. The Morgan fingerprint density at radius 1 is 1.27 bits per heavy atom. The first-order valence-electron chi connectivity index (χ1n) is 5.28. The predicted octanol–water partition coefficient (Wildman–Crippen LogP) is 1.79. The lowest BCUT2D eigenvalue weighted by atomic mass is 9.82. The molecule has 0 saturated carbocycles. The zero-order valence-corrected chi connectivity index (χ0v) is 9.54. The maximum absolute atomic E-state index is 9.29. The van der Waals surface area contributed by atoms with Crippen LogP contribution in [0.1, 0.15) is 17.9 Å². The Morgan fingerprint density at radius 3 is 2.67 bits per heavy atom. The molecule has 2 nitrogen and oxygen atoms in total. The van der Waals surface area contributed by atoms with Crippen molar-refractivity contribution in [2.24, 2.45) is 5.92 Å². The lowest BCUT2D eigenvalue weighted by molar-refractivity contribution is 0.176. The van der Waals surface area contributed by atoms with Crippen LogP contribution in [-0.4, -0.2) is 24.8 Å². The third-order valence-electron chi connectivity index (χ3n) is 3.09. The Balaban J connectivity index is 0.00000112. The van der Waals surface area contributed by atoms with E-state index in [4.69, 9.17) is 0 Å². The van der Waals surface area contributed by atoms with E-state index in [-0.39, 0.29) is 12.4 Å². The Kier molecular flexibility index (Phi) is 5.09. The first kappa shape index (κ1) is 12.5. The monoisotopic (exact) mass is 227 g/mol. The topological polar surface area (TPSA) is 32.3 Å². The summed E-state index contributed by atoms with van der Waals surface area (Å²) in [6.07, 6.45) is 1.08. The number of aliphatic hydroxyl groups is 1. The molecule has 2 rings (SSSR count). The van der Waals surface area contributed by atoms with E-state index >= 15 is 0 Å². The van der Waals surface area contributed by atoms with Gasteiger partial charge in [0.1, 0.15) is 0 Å². The molecule has 84 valence electrons. The largest absolute Gasteiger partial charge is 0.396 e. The predicted molar refractivity (Wildman–Crippen MR) is 64.5 cm³/mol. The minimum atomic E-state index is 0. The van der Waals surface area contributed by atoms with Gasteiger partial charge in [-0.05, 0) is 24.4 Å². The van der Waals surface area contributed by atoms with E-state index in [0.29, 0.717) is 18.4 Å². The second-order valence-corrected chi connectivity index (χ2v) is 3.95. The van der Waals surface area contributed by atoms with Crippen LogP contribution in [0.3, 0.4) is 0 Å². The van der Waals surface area contributed by atoms with Crippen LogP contribution < -0.4 is 5.32 Å². The van der Waals surface area contributed by atoms with E-state index in [1.54, 1.807) is 0 Å². The van der Waals surface area contributed by atoms with Crippen molar-refractivity contribution in [3.8, 4) is 0 Å². The van der Waals surface area contributed by atoms with Gasteiger partial charge in [0, 0.05) is 19.1 Å². The fourth-order valence-electron chi connectivity index (χ4n) is 2.22. The average Bonchev–Trinajstić information content (AvgIpc) is 2.30. The van der Waals surface area contributed by atoms with Crippen LogP contribution in [0, 0.1) is 5.92 Å². The molecule has 0 spiro atoms. The van der Waals surface area contributed by atoms with Crippen molar-refractivity contribution in [3.05, 3.63) is 35.9 Å². The summed E-state index contributed by atoms with van der Waals surface area (Å²) in [5.74, 6) is 0.911. The van der Waals surface area contributed by atoms with E-state index in [1.165, 1.54) is 5.56 Å². The van der Waals surface area contributed by atoms with Crippen molar-refractivity contribution in [2.75, 3.05) is 19.7 Å². The van der Waals surface area contributed by atoms with E-state index in [9.17, 15) is 5.11 Å². The molecule has 1 aromatic carbocycles. The van der Waals surface area contributed by atoms with Crippen molar-refractivity contribution in [1.82, 2.24) is 5.32 Å². The maximum atomic E-state index is 9.29. The fraction of sp³-hybridized carbons (Fsp3) is 0.500. The molecular formula is C12H18ClNO. The van der Waals surface area contributed by atoms with Gasteiger partial charge in [-0.2, -0.15) is 0 Å². The van der Waals surface area contributed by atoms with E-state index in [2.05, 4.69) is 29.6 Å². The minimum absolute atomic E-state index is 0. The molecule has 2 atom stereocenters.